The summed E-state index contributed by atoms with van der Waals surface area (Å²) in [5.74, 6) is -0.700. The van der Waals surface area contributed by atoms with Crippen molar-refractivity contribution >= 4 is 23.6 Å². The van der Waals surface area contributed by atoms with Crippen LogP contribution < -0.4 is 16.4 Å². The number of nitrogens with zero attached hydrogens (tertiary/aromatic N) is 1. The minimum Gasteiger partial charge on any atom is -0.330 e. The fraction of sp³-hybridized carbons (Fsp3) is 0.474. The van der Waals surface area contributed by atoms with E-state index in [1.54, 1.807) is 12.1 Å². The quantitative estimate of drug-likeness (QED) is 0.595. The van der Waals surface area contributed by atoms with Gasteiger partial charge in [-0.3, -0.25) is 29.4 Å². The van der Waals surface area contributed by atoms with E-state index in [4.69, 9.17) is 5.73 Å². The molecule has 3 atom stereocenters. The third kappa shape index (κ3) is 3.26. The molecule has 4 N–H and O–H groups in total. The normalized spacial score (nSPS) is 27.0. The van der Waals surface area contributed by atoms with Crippen molar-refractivity contribution in [2.45, 2.75) is 31.8 Å². The zero-order chi connectivity index (χ0) is 19.1. The van der Waals surface area contributed by atoms with Crippen LogP contribution in [0.4, 0.5) is 0 Å². The van der Waals surface area contributed by atoms with Crippen LogP contribution in [0.1, 0.15) is 45.5 Å². The maximum atomic E-state index is 12.8. The zero-order valence-corrected chi connectivity index (χ0v) is 14.9. The Labute approximate surface area is 156 Å². The highest BCUT2D eigenvalue weighted by Gasteiger charge is 2.44. The van der Waals surface area contributed by atoms with Gasteiger partial charge in [0.1, 0.15) is 6.04 Å². The lowest BCUT2D eigenvalue weighted by atomic mass is 10.0. The Morgan fingerprint density at radius 1 is 1.11 bits per heavy atom. The Morgan fingerprint density at radius 3 is 2.59 bits per heavy atom. The lowest BCUT2D eigenvalue weighted by Gasteiger charge is -2.27. The molecule has 2 fully saturated rings. The summed E-state index contributed by atoms with van der Waals surface area (Å²) in [5.41, 5.74) is 7.17. The van der Waals surface area contributed by atoms with E-state index in [0.717, 1.165) is 30.0 Å². The number of hydrogen-bond donors (Lipinski definition) is 3. The predicted octanol–water partition coefficient (Wildman–Crippen LogP) is -0.228. The molecular formula is C19H22N4O4. The molecule has 4 rings (SSSR count). The number of fused-ring (bicyclic) bond motifs is 1. The molecule has 1 saturated heterocycles. The molecule has 0 spiro atoms. The van der Waals surface area contributed by atoms with Gasteiger partial charge in [-0.25, -0.2) is 0 Å². The van der Waals surface area contributed by atoms with E-state index in [1.807, 2.05) is 6.07 Å². The first-order chi connectivity index (χ1) is 13.0. The molecule has 0 radical (unpaired) electrons. The molecule has 8 heteroatoms. The van der Waals surface area contributed by atoms with E-state index in [0.29, 0.717) is 29.5 Å². The van der Waals surface area contributed by atoms with Crippen molar-refractivity contribution in [3.05, 3.63) is 34.9 Å². The second-order valence-corrected chi connectivity index (χ2v) is 7.45. The minimum absolute atomic E-state index is 0.115. The number of carbonyl (C=O) groups excluding carboxylic acids is 4. The summed E-state index contributed by atoms with van der Waals surface area (Å²) < 4.78 is 0. The molecule has 1 aromatic rings. The Morgan fingerprint density at radius 2 is 1.89 bits per heavy atom. The highest BCUT2D eigenvalue weighted by molar-refractivity contribution is 6.23. The number of nitrogens with two attached hydrogens (primary N) is 1. The lowest BCUT2D eigenvalue weighted by molar-refractivity contribution is -0.136. The van der Waals surface area contributed by atoms with Crippen LogP contribution in [0.15, 0.2) is 18.2 Å². The second-order valence-electron chi connectivity index (χ2n) is 7.45. The molecule has 1 aliphatic carbocycles. The number of carbonyl (C=O) groups is 4. The van der Waals surface area contributed by atoms with Crippen molar-refractivity contribution < 1.29 is 19.2 Å². The summed E-state index contributed by atoms with van der Waals surface area (Å²) in [5, 5.41) is 5.56. The van der Waals surface area contributed by atoms with E-state index < -0.39 is 23.8 Å². The molecule has 2 aliphatic heterocycles. The van der Waals surface area contributed by atoms with Gasteiger partial charge >= 0.3 is 0 Å². The number of imide groups is 2. The number of rotatable bonds is 6. The van der Waals surface area contributed by atoms with Crippen LogP contribution in [-0.2, 0) is 16.1 Å². The average Bonchev–Trinajstić information content (AvgIpc) is 3.36. The molecule has 1 saturated carbocycles. The third-order valence-corrected chi connectivity index (χ3v) is 5.61. The summed E-state index contributed by atoms with van der Waals surface area (Å²) in [6.07, 6.45) is 1.43. The van der Waals surface area contributed by atoms with E-state index in [9.17, 15) is 19.2 Å². The van der Waals surface area contributed by atoms with Gasteiger partial charge in [-0.2, -0.15) is 0 Å². The van der Waals surface area contributed by atoms with Crippen molar-refractivity contribution in [3.63, 3.8) is 0 Å². The van der Waals surface area contributed by atoms with Gasteiger partial charge in [-0.15, -0.1) is 0 Å². The van der Waals surface area contributed by atoms with Crippen LogP contribution in [0.3, 0.4) is 0 Å². The first-order valence-electron chi connectivity index (χ1n) is 9.25. The van der Waals surface area contributed by atoms with Crippen LogP contribution >= 0.6 is 0 Å². The molecule has 0 bridgehead atoms. The SMILES string of the molecule is NCC1CC1CNCc1ccc2c(c1)C(=O)N(C1CCC(=O)NC1=O)C2=O. The number of amides is 4. The van der Waals surface area contributed by atoms with Crippen molar-refractivity contribution in [1.29, 1.82) is 0 Å². The van der Waals surface area contributed by atoms with Gasteiger partial charge in [-0.1, -0.05) is 6.07 Å². The highest BCUT2D eigenvalue weighted by Crippen LogP contribution is 2.36. The molecule has 2 heterocycles. The smallest absolute Gasteiger partial charge is 0.262 e. The van der Waals surface area contributed by atoms with Crippen LogP contribution in [0.25, 0.3) is 0 Å². The molecule has 8 nitrogen and oxygen atoms in total. The van der Waals surface area contributed by atoms with Crippen LogP contribution in [0, 0.1) is 11.8 Å². The van der Waals surface area contributed by atoms with E-state index in [2.05, 4.69) is 10.6 Å². The molecule has 1 aromatic carbocycles. The average molecular weight is 370 g/mol. The largest absolute Gasteiger partial charge is 0.330 e. The highest BCUT2D eigenvalue weighted by atomic mass is 16.2. The molecular weight excluding hydrogens is 348 g/mol. The first kappa shape index (κ1) is 17.8. The van der Waals surface area contributed by atoms with Gasteiger partial charge in [0.15, 0.2) is 0 Å². The van der Waals surface area contributed by atoms with Gasteiger partial charge in [-0.05, 0) is 55.5 Å². The second kappa shape index (κ2) is 6.86. The number of piperidine rings is 1. The van der Waals surface area contributed by atoms with Gasteiger partial charge in [0.25, 0.3) is 11.8 Å². The topological polar surface area (TPSA) is 122 Å². The van der Waals surface area contributed by atoms with Crippen molar-refractivity contribution in [2.24, 2.45) is 17.6 Å². The number of nitrogens with one attached hydrogen (secondary N) is 2. The fourth-order valence-corrected chi connectivity index (χ4v) is 3.88. The Hall–Kier alpha value is -2.58. The summed E-state index contributed by atoms with van der Waals surface area (Å²) in [7, 11) is 0. The van der Waals surface area contributed by atoms with Gasteiger partial charge in [0.2, 0.25) is 11.8 Å². The Kier molecular flexibility index (Phi) is 4.53. The summed E-state index contributed by atoms with van der Waals surface area (Å²) in [6, 6.07) is 4.23. The zero-order valence-electron chi connectivity index (χ0n) is 14.9. The fourth-order valence-electron chi connectivity index (χ4n) is 3.88. The lowest BCUT2D eigenvalue weighted by Crippen LogP contribution is -2.54. The molecule has 0 aromatic heterocycles. The first-order valence-corrected chi connectivity index (χ1v) is 9.25. The van der Waals surface area contributed by atoms with Crippen LogP contribution in [0.2, 0.25) is 0 Å². The van der Waals surface area contributed by atoms with Crippen molar-refractivity contribution in [3.8, 4) is 0 Å². The van der Waals surface area contributed by atoms with Crippen LogP contribution in [0.5, 0.6) is 0 Å². The van der Waals surface area contributed by atoms with Gasteiger partial charge < -0.3 is 11.1 Å². The number of benzene rings is 1. The summed E-state index contributed by atoms with van der Waals surface area (Å²) in [6.45, 7) is 2.20. The third-order valence-electron chi connectivity index (χ3n) is 5.61. The van der Waals surface area contributed by atoms with E-state index in [1.165, 1.54) is 0 Å². The predicted molar refractivity (Wildman–Crippen MR) is 95.5 cm³/mol. The summed E-state index contributed by atoms with van der Waals surface area (Å²) >= 11 is 0. The standard InChI is InChI=1S/C19H22N4O4/c20-7-11-6-12(11)9-21-8-10-1-2-13-14(5-10)19(27)23(18(13)26)15-3-4-16(24)22-17(15)25/h1-2,5,11-12,15,21H,3-4,6-9,20H2,(H,22,24,25). The molecule has 142 valence electrons. The van der Waals surface area contributed by atoms with E-state index >= 15 is 0 Å². The van der Waals surface area contributed by atoms with E-state index in [-0.39, 0.29) is 18.7 Å². The summed E-state index contributed by atoms with van der Waals surface area (Å²) in [4.78, 5) is 49.8. The maximum Gasteiger partial charge on any atom is 0.262 e. The Balaban J connectivity index is 1.45. The molecule has 3 unspecified atom stereocenters. The monoisotopic (exact) mass is 370 g/mol. The molecule has 4 amide bonds. The van der Waals surface area contributed by atoms with Crippen molar-refractivity contribution in [2.75, 3.05) is 13.1 Å². The number of hydrogen-bond acceptors (Lipinski definition) is 6. The van der Waals surface area contributed by atoms with Crippen LogP contribution in [-0.4, -0.2) is 47.7 Å². The molecule has 3 aliphatic rings. The Bertz CT molecular complexity index is 837. The van der Waals surface area contributed by atoms with Gasteiger partial charge in [0, 0.05) is 13.0 Å². The maximum absolute atomic E-state index is 12.8. The van der Waals surface area contributed by atoms with Gasteiger partial charge in [0.05, 0.1) is 11.1 Å². The minimum atomic E-state index is -0.931. The van der Waals surface area contributed by atoms with Crippen molar-refractivity contribution in [1.82, 2.24) is 15.5 Å². The molecule has 27 heavy (non-hydrogen) atoms.